The third-order valence-corrected chi connectivity index (χ3v) is 8.18. The summed E-state index contributed by atoms with van der Waals surface area (Å²) in [6.07, 6.45) is 0.861. The number of aromatic nitrogens is 2. The highest BCUT2D eigenvalue weighted by Gasteiger charge is 2.26. The molecule has 0 aliphatic carbocycles. The van der Waals surface area contributed by atoms with Gasteiger partial charge in [-0.15, -0.1) is 0 Å². The second kappa shape index (κ2) is 13.4. The Morgan fingerprint density at radius 3 is 2.23 bits per heavy atom. The Kier molecular flexibility index (Phi) is 9.37. The van der Waals surface area contributed by atoms with Crippen LogP contribution >= 0.6 is 0 Å². The Morgan fingerprint density at radius 2 is 1.56 bits per heavy atom. The van der Waals surface area contributed by atoms with Gasteiger partial charge < -0.3 is 15.4 Å². The molecule has 5 rings (SSSR count). The molecule has 226 valence electrons. The molecule has 1 aliphatic rings. The molecule has 2 heterocycles. The first kappa shape index (κ1) is 30.2. The number of benzene rings is 3. The quantitative estimate of drug-likeness (QED) is 0.304. The maximum absolute atomic E-state index is 14.7. The van der Waals surface area contributed by atoms with Gasteiger partial charge in [0.2, 0.25) is 0 Å². The second-order valence-corrected chi connectivity index (χ2v) is 10.9. The van der Waals surface area contributed by atoms with Gasteiger partial charge in [0.1, 0.15) is 23.1 Å². The molecule has 1 unspecified atom stereocenters. The molecule has 1 fully saturated rings. The minimum Gasteiger partial charge on any atom is -0.497 e. The summed E-state index contributed by atoms with van der Waals surface area (Å²) in [6, 6.07) is 20.2. The SMILES string of the molecule is COc1cccc(CCN2CCN(c3c(C)n(Cc4c(F)cccc4F)c(=O)n(CC(N)c4ccccc4)c3=O)CC2)c1. The van der Waals surface area contributed by atoms with Crippen LogP contribution in [0.4, 0.5) is 14.5 Å². The molecular formula is C33H37F2N5O3. The molecule has 4 aromatic rings. The predicted octanol–water partition coefficient (Wildman–Crippen LogP) is 3.72. The fraction of sp³-hybridized carbons (Fsp3) is 0.333. The Bertz CT molecular complexity index is 1660. The number of nitrogens with zero attached hydrogens (tertiary/aromatic N) is 4. The Labute approximate surface area is 249 Å². The van der Waals surface area contributed by atoms with Crippen molar-refractivity contribution in [2.45, 2.75) is 32.5 Å². The van der Waals surface area contributed by atoms with Crippen molar-refractivity contribution in [2.24, 2.45) is 5.73 Å². The molecule has 0 saturated carbocycles. The van der Waals surface area contributed by atoms with Crippen molar-refractivity contribution < 1.29 is 13.5 Å². The third kappa shape index (κ3) is 6.71. The van der Waals surface area contributed by atoms with Crippen molar-refractivity contribution in [3.63, 3.8) is 0 Å². The van der Waals surface area contributed by atoms with Crippen LogP contribution in [-0.4, -0.2) is 53.9 Å². The summed E-state index contributed by atoms with van der Waals surface area (Å²) >= 11 is 0. The molecule has 0 spiro atoms. The van der Waals surface area contributed by atoms with Gasteiger partial charge in [0.15, 0.2) is 0 Å². The van der Waals surface area contributed by atoms with Crippen LogP contribution < -0.4 is 26.6 Å². The molecule has 0 amide bonds. The molecular weight excluding hydrogens is 552 g/mol. The van der Waals surface area contributed by atoms with Crippen molar-refractivity contribution in [1.82, 2.24) is 14.0 Å². The van der Waals surface area contributed by atoms with Gasteiger partial charge in [0, 0.05) is 50.0 Å². The van der Waals surface area contributed by atoms with Gasteiger partial charge in [-0.2, -0.15) is 0 Å². The highest BCUT2D eigenvalue weighted by molar-refractivity contribution is 5.50. The van der Waals surface area contributed by atoms with E-state index in [0.29, 0.717) is 37.6 Å². The van der Waals surface area contributed by atoms with E-state index in [9.17, 15) is 18.4 Å². The van der Waals surface area contributed by atoms with E-state index in [1.807, 2.05) is 53.4 Å². The first-order valence-corrected chi connectivity index (χ1v) is 14.4. The lowest BCUT2D eigenvalue weighted by atomic mass is 10.1. The molecule has 8 nitrogen and oxygen atoms in total. The molecule has 0 bridgehead atoms. The molecule has 0 radical (unpaired) electrons. The average molecular weight is 590 g/mol. The molecule has 1 saturated heterocycles. The fourth-order valence-electron chi connectivity index (χ4n) is 5.65. The van der Waals surface area contributed by atoms with E-state index in [1.54, 1.807) is 14.0 Å². The highest BCUT2D eigenvalue weighted by atomic mass is 19.1. The zero-order chi connectivity index (χ0) is 30.5. The van der Waals surface area contributed by atoms with E-state index in [-0.39, 0.29) is 18.7 Å². The van der Waals surface area contributed by atoms with Gasteiger partial charge >= 0.3 is 5.69 Å². The maximum Gasteiger partial charge on any atom is 0.331 e. The zero-order valence-electron chi connectivity index (χ0n) is 24.5. The van der Waals surface area contributed by atoms with E-state index in [2.05, 4.69) is 11.0 Å². The minimum atomic E-state index is -0.753. The fourth-order valence-corrected chi connectivity index (χ4v) is 5.65. The van der Waals surface area contributed by atoms with Gasteiger partial charge in [-0.25, -0.2) is 13.6 Å². The molecule has 1 atom stereocenters. The molecule has 1 aromatic heterocycles. The van der Waals surface area contributed by atoms with Crippen LogP contribution in [-0.2, 0) is 19.5 Å². The van der Waals surface area contributed by atoms with Crippen molar-refractivity contribution in [3.8, 4) is 5.75 Å². The average Bonchev–Trinajstić information content (AvgIpc) is 3.02. The zero-order valence-corrected chi connectivity index (χ0v) is 24.5. The Hall–Kier alpha value is -4.28. The van der Waals surface area contributed by atoms with Crippen LogP contribution in [0.25, 0.3) is 0 Å². The lowest BCUT2D eigenvalue weighted by Gasteiger charge is -2.37. The van der Waals surface area contributed by atoms with Gasteiger partial charge in [-0.05, 0) is 48.7 Å². The molecule has 43 heavy (non-hydrogen) atoms. The monoisotopic (exact) mass is 589 g/mol. The largest absolute Gasteiger partial charge is 0.497 e. The lowest BCUT2D eigenvalue weighted by molar-refractivity contribution is 0.260. The molecule has 2 N–H and O–H groups in total. The second-order valence-electron chi connectivity index (χ2n) is 10.9. The topological polar surface area (TPSA) is 85.7 Å². The van der Waals surface area contributed by atoms with Crippen molar-refractivity contribution in [1.29, 1.82) is 0 Å². The van der Waals surface area contributed by atoms with Crippen LogP contribution in [0.5, 0.6) is 5.75 Å². The number of rotatable bonds is 10. The van der Waals surface area contributed by atoms with E-state index in [0.717, 1.165) is 41.0 Å². The van der Waals surface area contributed by atoms with Crippen molar-refractivity contribution >= 4 is 5.69 Å². The van der Waals surface area contributed by atoms with Crippen LogP contribution in [0.1, 0.15) is 28.4 Å². The Morgan fingerprint density at radius 1 is 0.884 bits per heavy atom. The summed E-state index contributed by atoms with van der Waals surface area (Å²) in [5.41, 5.74) is 7.77. The van der Waals surface area contributed by atoms with Gasteiger partial charge in [-0.3, -0.25) is 18.8 Å². The van der Waals surface area contributed by atoms with Crippen LogP contribution in [0.3, 0.4) is 0 Å². The summed E-state index contributed by atoms with van der Waals surface area (Å²) in [4.78, 5) is 32.0. The van der Waals surface area contributed by atoms with Crippen LogP contribution in [0, 0.1) is 18.6 Å². The number of nitrogens with two attached hydrogens (primary N) is 1. The normalized spacial score (nSPS) is 14.6. The van der Waals surface area contributed by atoms with Gasteiger partial charge in [0.25, 0.3) is 5.56 Å². The molecule has 1 aliphatic heterocycles. The third-order valence-electron chi connectivity index (χ3n) is 8.18. The number of methoxy groups -OCH3 is 1. The summed E-state index contributed by atoms with van der Waals surface area (Å²) in [5, 5.41) is 0. The maximum atomic E-state index is 14.7. The predicted molar refractivity (Wildman–Crippen MR) is 164 cm³/mol. The number of hydrogen-bond acceptors (Lipinski definition) is 6. The lowest BCUT2D eigenvalue weighted by Crippen LogP contribution is -2.52. The van der Waals surface area contributed by atoms with E-state index < -0.39 is 28.9 Å². The number of anilines is 1. The van der Waals surface area contributed by atoms with Crippen molar-refractivity contribution in [2.75, 3.05) is 44.7 Å². The van der Waals surface area contributed by atoms with Crippen LogP contribution in [0.2, 0.25) is 0 Å². The summed E-state index contributed by atoms with van der Waals surface area (Å²) in [7, 11) is 1.65. The summed E-state index contributed by atoms with van der Waals surface area (Å²) in [6.45, 7) is 4.64. The minimum absolute atomic E-state index is 0.0742. The van der Waals surface area contributed by atoms with E-state index >= 15 is 0 Å². The summed E-state index contributed by atoms with van der Waals surface area (Å²) in [5.74, 6) is -0.682. The van der Waals surface area contributed by atoms with Crippen molar-refractivity contribution in [3.05, 3.63) is 128 Å². The molecule has 10 heteroatoms. The van der Waals surface area contributed by atoms with E-state index in [1.165, 1.54) is 16.2 Å². The standard InChI is InChI=1S/C33H37F2N5O3/c1-23-31(38-18-16-37(17-19-38)15-14-24-8-6-11-26(20-24)43-2)32(41)40(22-30(36)25-9-4-3-5-10-25)33(42)39(23)21-27-28(34)12-7-13-29(27)35/h3-13,20,30H,14-19,21-22,36H2,1-2H3. The van der Waals surface area contributed by atoms with Gasteiger partial charge in [0.05, 0.1) is 20.2 Å². The number of piperazine rings is 1. The number of halogens is 2. The first-order valence-electron chi connectivity index (χ1n) is 14.4. The highest BCUT2D eigenvalue weighted by Crippen LogP contribution is 2.21. The smallest absolute Gasteiger partial charge is 0.331 e. The summed E-state index contributed by atoms with van der Waals surface area (Å²) < 4.78 is 37.1. The van der Waals surface area contributed by atoms with Crippen LogP contribution in [0.15, 0.2) is 82.4 Å². The number of hydrogen-bond donors (Lipinski definition) is 1. The van der Waals surface area contributed by atoms with Gasteiger partial charge in [-0.1, -0.05) is 48.5 Å². The Balaban J connectivity index is 1.43. The number of ether oxygens (including phenoxy) is 1. The molecule has 3 aromatic carbocycles. The first-order chi connectivity index (χ1) is 20.8. The van der Waals surface area contributed by atoms with E-state index in [4.69, 9.17) is 10.5 Å².